The minimum absolute atomic E-state index is 0.0941. The van der Waals surface area contributed by atoms with Crippen LogP contribution in [0, 0.1) is 6.92 Å². The molecule has 0 saturated heterocycles. The van der Waals surface area contributed by atoms with Gasteiger partial charge in [-0.3, -0.25) is 4.79 Å². The van der Waals surface area contributed by atoms with E-state index in [9.17, 15) is 4.79 Å². The van der Waals surface area contributed by atoms with Gasteiger partial charge in [-0.25, -0.2) is 9.97 Å². The first kappa shape index (κ1) is 18.2. The summed E-state index contributed by atoms with van der Waals surface area (Å²) in [5.74, 6) is 0.392. The molecule has 1 unspecified atom stereocenters. The van der Waals surface area contributed by atoms with Crippen molar-refractivity contribution in [2.24, 2.45) is 0 Å². The third kappa shape index (κ3) is 3.76. The van der Waals surface area contributed by atoms with E-state index >= 15 is 0 Å². The van der Waals surface area contributed by atoms with E-state index in [-0.39, 0.29) is 11.9 Å². The van der Waals surface area contributed by atoms with E-state index in [0.29, 0.717) is 11.6 Å². The number of carbonyl (C=O) groups excluding carboxylic acids is 1. The standard InChI is InChI=1S/C22H24N4O2/c1-15-13-26(14-23-15)20-11-8-17(24-22(20)28-2)9-12-21(27)25-19-10-7-16-5-3-4-6-18(16)19/h3,5,8-9,11-14,19H,4,6-7,10H2,1-2H3,(H,25,27)/b12-9+. The van der Waals surface area contributed by atoms with Gasteiger partial charge in [-0.15, -0.1) is 0 Å². The van der Waals surface area contributed by atoms with Gasteiger partial charge in [-0.05, 0) is 62.0 Å². The molecule has 0 saturated carbocycles. The number of methoxy groups -OCH3 is 1. The summed E-state index contributed by atoms with van der Waals surface area (Å²) in [6.07, 6.45) is 15.5. The van der Waals surface area contributed by atoms with Crippen LogP contribution in [-0.2, 0) is 4.79 Å². The number of amides is 1. The zero-order valence-electron chi connectivity index (χ0n) is 16.2. The number of hydrogen-bond acceptors (Lipinski definition) is 4. The third-order valence-electron chi connectivity index (χ3n) is 5.20. The molecule has 1 amide bonds. The summed E-state index contributed by atoms with van der Waals surface area (Å²) >= 11 is 0. The molecule has 0 fully saturated rings. The Hall–Kier alpha value is -3.15. The van der Waals surface area contributed by atoms with Crippen molar-refractivity contribution in [1.29, 1.82) is 0 Å². The topological polar surface area (TPSA) is 69.0 Å². The first-order valence-corrected chi connectivity index (χ1v) is 9.57. The van der Waals surface area contributed by atoms with Gasteiger partial charge >= 0.3 is 0 Å². The molecule has 144 valence electrons. The lowest BCUT2D eigenvalue weighted by Gasteiger charge is -2.17. The second kappa shape index (κ2) is 7.84. The second-order valence-corrected chi connectivity index (χ2v) is 7.11. The molecule has 2 aromatic heterocycles. The molecule has 2 aromatic rings. The van der Waals surface area contributed by atoms with E-state index in [4.69, 9.17) is 4.74 Å². The fourth-order valence-corrected chi connectivity index (χ4v) is 3.83. The molecule has 0 spiro atoms. The van der Waals surface area contributed by atoms with Gasteiger partial charge in [-0.1, -0.05) is 12.2 Å². The van der Waals surface area contributed by atoms with Crippen molar-refractivity contribution < 1.29 is 9.53 Å². The molecule has 6 heteroatoms. The minimum atomic E-state index is -0.0941. The van der Waals surface area contributed by atoms with Gasteiger partial charge in [0.2, 0.25) is 11.8 Å². The number of allylic oxidation sites excluding steroid dienone is 3. The highest BCUT2D eigenvalue weighted by molar-refractivity contribution is 5.92. The lowest BCUT2D eigenvalue weighted by molar-refractivity contribution is -0.116. The lowest BCUT2D eigenvalue weighted by atomic mass is 9.98. The van der Waals surface area contributed by atoms with Gasteiger partial charge in [0.05, 0.1) is 30.9 Å². The van der Waals surface area contributed by atoms with Gasteiger partial charge in [0, 0.05) is 12.3 Å². The summed E-state index contributed by atoms with van der Waals surface area (Å²) in [6.45, 7) is 1.93. The molecule has 0 radical (unpaired) electrons. The second-order valence-electron chi connectivity index (χ2n) is 7.11. The number of aromatic nitrogens is 3. The molecule has 1 N–H and O–H groups in total. The monoisotopic (exact) mass is 376 g/mol. The minimum Gasteiger partial charge on any atom is -0.479 e. The summed E-state index contributed by atoms with van der Waals surface area (Å²) in [4.78, 5) is 21.1. The first-order valence-electron chi connectivity index (χ1n) is 9.57. The molecule has 4 rings (SSSR count). The lowest BCUT2D eigenvalue weighted by Crippen LogP contribution is -2.33. The van der Waals surface area contributed by atoms with Crippen LogP contribution in [0.3, 0.4) is 0 Å². The van der Waals surface area contributed by atoms with Gasteiger partial charge in [0.1, 0.15) is 5.69 Å². The van der Waals surface area contributed by atoms with Crippen molar-refractivity contribution in [3.8, 4) is 11.6 Å². The van der Waals surface area contributed by atoms with Crippen molar-refractivity contribution >= 4 is 12.0 Å². The van der Waals surface area contributed by atoms with E-state index in [2.05, 4.69) is 27.4 Å². The Morgan fingerprint density at radius 3 is 3.04 bits per heavy atom. The molecular formula is C22H24N4O2. The van der Waals surface area contributed by atoms with Crippen LogP contribution in [0.1, 0.15) is 37.1 Å². The summed E-state index contributed by atoms with van der Waals surface area (Å²) < 4.78 is 7.28. The number of aryl methyl sites for hydroxylation is 1. The van der Waals surface area contributed by atoms with Crippen molar-refractivity contribution in [2.45, 2.75) is 38.6 Å². The Morgan fingerprint density at radius 1 is 1.36 bits per heavy atom. The summed E-state index contributed by atoms with van der Waals surface area (Å²) in [6, 6.07) is 3.93. The number of carbonyl (C=O) groups is 1. The quantitative estimate of drug-likeness (QED) is 0.811. The molecule has 6 nitrogen and oxygen atoms in total. The molecule has 28 heavy (non-hydrogen) atoms. The molecule has 0 aliphatic heterocycles. The highest BCUT2D eigenvalue weighted by atomic mass is 16.5. The summed E-state index contributed by atoms with van der Waals surface area (Å²) in [7, 11) is 1.58. The van der Waals surface area contributed by atoms with Crippen LogP contribution in [0.2, 0.25) is 0 Å². The van der Waals surface area contributed by atoms with Crippen molar-refractivity contribution in [3.63, 3.8) is 0 Å². The van der Waals surface area contributed by atoms with Gasteiger partial charge in [0.15, 0.2) is 0 Å². The SMILES string of the molecule is COc1nc(/C=C/C(=O)NC2CCC3=C2CCC=C3)ccc1-n1cnc(C)c1. The zero-order valence-corrected chi connectivity index (χ0v) is 16.2. The smallest absolute Gasteiger partial charge is 0.244 e. The molecular weight excluding hydrogens is 352 g/mol. The molecule has 1 atom stereocenters. The van der Waals surface area contributed by atoms with Crippen LogP contribution in [0.25, 0.3) is 11.8 Å². The average molecular weight is 376 g/mol. The maximum absolute atomic E-state index is 12.4. The predicted octanol–water partition coefficient (Wildman–Crippen LogP) is 3.52. The highest BCUT2D eigenvalue weighted by Gasteiger charge is 2.25. The molecule has 0 aromatic carbocycles. The number of hydrogen-bond donors (Lipinski definition) is 1. The van der Waals surface area contributed by atoms with E-state index in [1.165, 1.54) is 11.1 Å². The van der Waals surface area contributed by atoms with E-state index in [1.807, 2.05) is 29.8 Å². The van der Waals surface area contributed by atoms with E-state index < -0.39 is 0 Å². The van der Waals surface area contributed by atoms with E-state index in [1.54, 1.807) is 25.6 Å². The molecule has 2 aliphatic rings. The maximum Gasteiger partial charge on any atom is 0.244 e. The fourth-order valence-electron chi connectivity index (χ4n) is 3.83. The zero-order chi connectivity index (χ0) is 19.5. The fraction of sp³-hybridized carbons (Fsp3) is 0.318. The van der Waals surface area contributed by atoms with Crippen LogP contribution in [0.15, 0.2) is 54.0 Å². The van der Waals surface area contributed by atoms with Gasteiger partial charge in [0.25, 0.3) is 0 Å². The summed E-state index contributed by atoms with van der Waals surface area (Å²) in [5.41, 5.74) is 5.18. The summed E-state index contributed by atoms with van der Waals surface area (Å²) in [5, 5.41) is 3.13. The highest BCUT2D eigenvalue weighted by Crippen LogP contribution is 2.33. The number of rotatable bonds is 5. The first-order chi connectivity index (χ1) is 13.6. The molecule has 0 bridgehead atoms. The van der Waals surface area contributed by atoms with Crippen molar-refractivity contribution in [1.82, 2.24) is 19.9 Å². The van der Waals surface area contributed by atoms with Gasteiger partial charge < -0.3 is 14.6 Å². The molecule has 2 heterocycles. The Balaban J connectivity index is 1.45. The Bertz CT molecular complexity index is 984. The van der Waals surface area contributed by atoms with Crippen LogP contribution < -0.4 is 10.1 Å². The third-order valence-corrected chi connectivity index (χ3v) is 5.20. The normalized spacial score (nSPS) is 18.6. The largest absolute Gasteiger partial charge is 0.479 e. The van der Waals surface area contributed by atoms with Crippen LogP contribution in [-0.4, -0.2) is 33.6 Å². The average Bonchev–Trinajstić information content (AvgIpc) is 3.33. The Labute approximate surface area is 164 Å². The Morgan fingerprint density at radius 2 is 2.25 bits per heavy atom. The van der Waals surface area contributed by atoms with Crippen LogP contribution >= 0.6 is 0 Å². The van der Waals surface area contributed by atoms with Crippen LogP contribution in [0.4, 0.5) is 0 Å². The number of imidazole rings is 1. The van der Waals surface area contributed by atoms with Crippen molar-refractivity contribution in [3.05, 3.63) is 65.4 Å². The number of pyridine rings is 1. The number of ether oxygens (including phenoxy) is 1. The van der Waals surface area contributed by atoms with Gasteiger partial charge in [-0.2, -0.15) is 0 Å². The molecule has 2 aliphatic carbocycles. The predicted molar refractivity (Wildman–Crippen MR) is 108 cm³/mol. The van der Waals surface area contributed by atoms with E-state index in [0.717, 1.165) is 37.1 Å². The van der Waals surface area contributed by atoms with Crippen LogP contribution in [0.5, 0.6) is 5.88 Å². The Kier molecular flexibility index (Phi) is 5.10. The number of nitrogens with zero attached hydrogens (tertiary/aromatic N) is 3. The van der Waals surface area contributed by atoms with Crippen molar-refractivity contribution in [2.75, 3.05) is 7.11 Å². The maximum atomic E-state index is 12.4. The number of nitrogens with one attached hydrogen (secondary N) is 1.